The summed E-state index contributed by atoms with van der Waals surface area (Å²) in [6, 6.07) is 17.3. The smallest absolute Gasteiger partial charge is 0.262 e. The lowest BCUT2D eigenvalue weighted by molar-refractivity contribution is -0.118. The van der Waals surface area contributed by atoms with Crippen molar-refractivity contribution in [2.45, 2.75) is 39.0 Å². The maximum atomic E-state index is 12.7. The molecule has 0 aliphatic rings. The van der Waals surface area contributed by atoms with E-state index < -0.39 is 10.0 Å². The average molecular weight is 453 g/mol. The molecule has 0 aliphatic carbocycles. The van der Waals surface area contributed by atoms with Crippen molar-refractivity contribution in [2.24, 2.45) is 0 Å². The molecule has 0 aromatic heterocycles. The number of hydrogen-bond donors (Lipinski definition) is 2. The number of carbonyl (C=O) groups is 1. The molecule has 0 spiro atoms. The van der Waals surface area contributed by atoms with E-state index in [0.717, 1.165) is 34.4 Å². The summed E-state index contributed by atoms with van der Waals surface area (Å²) in [5.74, 6) is 0.132. The van der Waals surface area contributed by atoms with Crippen LogP contribution in [0.4, 0.5) is 11.4 Å². The molecule has 0 heterocycles. The highest BCUT2D eigenvalue weighted by Crippen LogP contribution is 2.22. The molecule has 7 heteroatoms. The molecule has 32 heavy (non-hydrogen) atoms. The number of para-hydroxylation sites is 1. The molecule has 0 atom stereocenters. The molecule has 0 unspecified atom stereocenters. The maximum Gasteiger partial charge on any atom is 0.262 e. The van der Waals surface area contributed by atoms with Gasteiger partial charge in [-0.2, -0.15) is 0 Å². The van der Waals surface area contributed by atoms with Gasteiger partial charge in [0.1, 0.15) is 5.75 Å². The summed E-state index contributed by atoms with van der Waals surface area (Å²) in [6.07, 6.45) is 0.810. The molecular formula is C25H28N2O4S. The summed E-state index contributed by atoms with van der Waals surface area (Å²) in [7, 11) is -3.73. The van der Waals surface area contributed by atoms with Gasteiger partial charge in [0, 0.05) is 11.4 Å². The molecule has 0 saturated carbocycles. The van der Waals surface area contributed by atoms with E-state index in [-0.39, 0.29) is 17.4 Å². The standard InChI is InChI=1S/C25H28N2O4S/c1-5-20-8-6-7-18(3)25(20)26-24(28)16-31-22-11-13-23(14-12-22)32(29,30)27-21-10-9-17(2)19(4)15-21/h6-15,27H,5,16H2,1-4H3,(H,26,28). The first-order chi connectivity index (χ1) is 15.2. The van der Waals surface area contributed by atoms with Gasteiger partial charge < -0.3 is 10.1 Å². The molecule has 1 amide bonds. The van der Waals surface area contributed by atoms with E-state index in [0.29, 0.717) is 11.4 Å². The number of hydrogen-bond acceptors (Lipinski definition) is 4. The fourth-order valence-corrected chi connectivity index (χ4v) is 4.31. The number of benzene rings is 3. The van der Waals surface area contributed by atoms with Gasteiger partial charge in [0.05, 0.1) is 4.90 Å². The van der Waals surface area contributed by atoms with Crippen LogP contribution in [0, 0.1) is 20.8 Å². The zero-order valence-corrected chi connectivity index (χ0v) is 19.5. The Hall–Kier alpha value is -3.32. The predicted octanol–water partition coefficient (Wildman–Crippen LogP) is 4.99. The summed E-state index contributed by atoms with van der Waals surface area (Å²) in [5, 5.41) is 2.90. The molecule has 3 rings (SSSR count). The number of rotatable bonds is 8. The lowest BCUT2D eigenvalue weighted by Gasteiger charge is -2.13. The maximum absolute atomic E-state index is 12.7. The van der Waals surface area contributed by atoms with Crippen molar-refractivity contribution >= 4 is 27.3 Å². The number of amides is 1. The quantitative estimate of drug-likeness (QED) is 0.504. The number of aryl methyl sites for hydroxylation is 4. The van der Waals surface area contributed by atoms with Crippen molar-refractivity contribution in [3.05, 3.63) is 82.9 Å². The summed E-state index contributed by atoms with van der Waals surface area (Å²) >= 11 is 0. The van der Waals surface area contributed by atoms with E-state index in [9.17, 15) is 13.2 Å². The first-order valence-electron chi connectivity index (χ1n) is 10.4. The fraction of sp³-hybridized carbons (Fsp3) is 0.240. The molecule has 168 valence electrons. The van der Waals surface area contributed by atoms with Gasteiger partial charge in [0.2, 0.25) is 0 Å². The molecule has 0 saturated heterocycles. The number of anilines is 2. The first-order valence-corrected chi connectivity index (χ1v) is 11.9. The number of ether oxygens (including phenoxy) is 1. The largest absolute Gasteiger partial charge is 0.484 e. The number of sulfonamides is 1. The first kappa shape index (κ1) is 23.3. The molecule has 0 bridgehead atoms. The van der Waals surface area contributed by atoms with E-state index in [1.807, 2.05) is 52.0 Å². The van der Waals surface area contributed by atoms with E-state index in [1.54, 1.807) is 12.1 Å². The molecule has 0 fully saturated rings. The van der Waals surface area contributed by atoms with Crippen molar-refractivity contribution in [3.8, 4) is 5.75 Å². The Bertz CT molecular complexity index is 1220. The van der Waals surface area contributed by atoms with Gasteiger partial charge in [0.25, 0.3) is 15.9 Å². The second-order valence-corrected chi connectivity index (χ2v) is 9.36. The predicted molar refractivity (Wildman–Crippen MR) is 128 cm³/mol. The van der Waals surface area contributed by atoms with Crippen LogP contribution in [0.3, 0.4) is 0 Å². The topological polar surface area (TPSA) is 84.5 Å². The molecule has 6 nitrogen and oxygen atoms in total. The van der Waals surface area contributed by atoms with Gasteiger partial charge in [-0.15, -0.1) is 0 Å². The summed E-state index contributed by atoms with van der Waals surface area (Å²) in [6.45, 7) is 7.70. The summed E-state index contributed by atoms with van der Waals surface area (Å²) < 4.78 is 33.4. The zero-order valence-electron chi connectivity index (χ0n) is 18.7. The third-order valence-electron chi connectivity index (χ3n) is 5.27. The van der Waals surface area contributed by atoms with E-state index >= 15 is 0 Å². The third-order valence-corrected chi connectivity index (χ3v) is 6.66. The lowest BCUT2D eigenvalue weighted by Crippen LogP contribution is -2.21. The van der Waals surface area contributed by atoms with Crippen LogP contribution in [-0.4, -0.2) is 20.9 Å². The Morgan fingerprint density at radius 1 is 0.906 bits per heavy atom. The SMILES string of the molecule is CCc1cccc(C)c1NC(=O)COc1ccc(S(=O)(=O)Nc2ccc(C)c(C)c2)cc1. The highest BCUT2D eigenvalue weighted by Gasteiger charge is 2.15. The normalized spacial score (nSPS) is 11.1. The zero-order chi connectivity index (χ0) is 23.3. The Balaban J connectivity index is 1.62. The average Bonchev–Trinajstić information content (AvgIpc) is 2.76. The van der Waals surface area contributed by atoms with E-state index in [1.165, 1.54) is 24.3 Å². The molecule has 3 aromatic carbocycles. The molecule has 2 N–H and O–H groups in total. The van der Waals surface area contributed by atoms with Gasteiger partial charge in [0.15, 0.2) is 6.61 Å². The van der Waals surface area contributed by atoms with Crippen LogP contribution in [0.1, 0.15) is 29.2 Å². The Morgan fingerprint density at radius 2 is 1.62 bits per heavy atom. The van der Waals surface area contributed by atoms with Crippen molar-refractivity contribution in [1.29, 1.82) is 0 Å². The minimum absolute atomic E-state index is 0.111. The van der Waals surface area contributed by atoms with Crippen LogP contribution in [0.25, 0.3) is 0 Å². The van der Waals surface area contributed by atoms with Crippen molar-refractivity contribution < 1.29 is 17.9 Å². The van der Waals surface area contributed by atoms with Gasteiger partial charge in [-0.1, -0.05) is 31.2 Å². The molecule has 0 aliphatic heterocycles. The highest BCUT2D eigenvalue weighted by atomic mass is 32.2. The van der Waals surface area contributed by atoms with Crippen LogP contribution in [0.2, 0.25) is 0 Å². The Labute approximate surface area is 189 Å². The fourth-order valence-electron chi connectivity index (χ4n) is 3.26. The van der Waals surface area contributed by atoms with Gasteiger partial charge in [-0.25, -0.2) is 8.42 Å². The van der Waals surface area contributed by atoms with E-state index in [4.69, 9.17) is 4.74 Å². The summed E-state index contributed by atoms with van der Waals surface area (Å²) in [5.41, 5.74) is 5.46. The third kappa shape index (κ3) is 5.68. The minimum Gasteiger partial charge on any atom is -0.484 e. The van der Waals surface area contributed by atoms with Crippen LogP contribution < -0.4 is 14.8 Å². The molecular weight excluding hydrogens is 424 g/mol. The van der Waals surface area contributed by atoms with Crippen LogP contribution in [0.5, 0.6) is 5.75 Å². The second kappa shape index (κ2) is 9.87. The second-order valence-electron chi connectivity index (χ2n) is 7.68. The lowest BCUT2D eigenvalue weighted by atomic mass is 10.1. The van der Waals surface area contributed by atoms with Crippen molar-refractivity contribution in [3.63, 3.8) is 0 Å². The van der Waals surface area contributed by atoms with Crippen LogP contribution in [0.15, 0.2) is 65.6 Å². The van der Waals surface area contributed by atoms with Gasteiger partial charge in [-0.3, -0.25) is 9.52 Å². The van der Waals surface area contributed by atoms with Crippen LogP contribution in [-0.2, 0) is 21.2 Å². The van der Waals surface area contributed by atoms with Gasteiger partial charge >= 0.3 is 0 Å². The Kier molecular flexibility index (Phi) is 7.20. The number of nitrogens with one attached hydrogen (secondary N) is 2. The minimum atomic E-state index is -3.73. The number of carbonyl (C=O) groups excluding carboxylic acids is 1. The monoisotopic (exact) mass is 452 g/mol. The van der Waals surface area contributed by atoms with Gasteiger partial charge in [-0.05, 0) is 85.8 Å². The molecule has 3 aromatic rings. The van der Waals surface area contributed by atoms with Crippen molar-refractivity contribution in [2.75, 3.05) is 16.6 Å². The van der Waals surface area contributed by atoms with E-state index in [2.05, 4.69) is 10.0 Å². The summed E-state index contributed by atoms with van der Waals surface area (Å²) in [4.78, 5) is 12.5. The van der Waals surface area contributed by atoms with Crippen molar-refractivity contribution in [1.82, 2.24) is 0 Å². The highest BCUT2D eigenvalue weighted by molar-refractivity contribution is 7.92. The van der Waals surface area contributed by atoms with Crippen LogP contribution >= 0.6 is 0 Å². The molecule has 0 radical (unpaired) electrons. The Morgan fingerprint density at radius 3 is 2.28 bits per heavy atom.